The van der Waals surface area contributed by atoms with E-state index in [0.717, 1.165) is 50.4 Å². The summed E-state index contributed by atoms with van der Waals surface area (Å²) in [5.74, 6) is 2.89. The van der Waals surface area contributed by atoms with Gasteiger partial charge in [0.2, 0.25) is 0 Å². The van der Waals surface area contributed by atoms with Gasteiger partial charge in [0.05, 0.1) is 0 Å². The van der Waals surface area contributed by atoms with Gasteiger partial charge in [0, 0.05) is 32.2 Å². The van der Waals surface area contributed by atoms with Crippen molar-refractivity contribution in [1.82, 2.24) is 9.97 Å². The quantitative estimate of drug-likeness (QED) is 0.822. The molecule has 1 unspecified atom stereocenters. The van der Waals surface area contributed by atoms with Gasteiger partial charge in [0.25, 0.3) is 0 Å². The second kappa shape index (κ2) is 6.00. The Kier molecular flexibility index (Phi) is 4.36. The number of aliphatic hydroxyl groups excluding tert-OH is 1. The highest BCUT2D eigenvalue weighted by Gasteiger charge is 2.23. The molecule has 1 saturated heterocycles. The van der Waals surface area contributed by atoms with E-state index < -0.39 is 0 Å². The van der Waals surface area contributed by atoms with Crippen molar-refractivity contribution in [2.24, 2.45) is 5.92 Å². The normalized spacial score (nSPS) is 19.4. The Morgan fingerprint density at radius 1 is 1.50 bits per heavy atom. The van der Waals surface area contributed by atoms with Crippen molar-refractivity contribution in [1.29, 1.82) is 0 Å². The third kappa shape index (κ3) is 3.10. The Hall–Kier alpha value is -1.36. The zero-order valence-electron chi connectivity index (χ0n) is 11.0. The monoisotopic (exact) mass is 250 g/mol. The Morgan fingerprint density at radius 3 is 3.06 bits per heavy atom. The Labute approximate surface area is 108 Å². The first-order chi connectivity index (χ1) is 8.72. The third-order valence-electron chi connectivity index (χ3n) is 3.40. The number of aliphatic hydroxyl groups is 1. The number of hydrogen-bond donors (Lipinski definition) is 2. The number of rotatable bonds is 5. The van der Waals surface area contributed by atoms with Gasteiger partial charge in [-0.1, -0.05) is 6.92 Å². The van der Waals surface area contributed by atoms with Crippen LogP contribution in [-0.2, 0) is 6.42 Å². The number of nitrogen functional groups attached to an aromatic ring is 1. The molecule has 5 nitrogen and oxygen atoms in total. The molecule has 0 spiro atoms. The van der Waals surface area contributed by atoms with E-state index >= 15 is 0 Å². The van der Waals surface area contributed by atoms with Gasteiger partial charge in [-0.05, 0) is 25.2 Å². The Balaban J connectivity index is 2.08. The minimum atomic E-state index is 0.269. The molecule has 100 valence electrons. The van der Waals surface area contributed by atoms with E-state index in [9.17, 15) is 0 Å². The number of aryl methyl sites for hydroxylation is 1. The Morgan fingerprint density at radius 2 is 2.33 bits per heavy atom. The third-order valence-corrected chi connectivity index (χ3v) is 3.40. The average molecular weight is 250 g/mol. The molecule has 0 aliphatic carbocycles. The first-order valence-electron chi connectivity index (χ1n) is 6.72. The molecule has 1 atom stereocenters. The van der Waals surface area contributed by atoms with Crippen LogP contribution in [0.4, 0.5) is 11.6 Å². The molecule has 1 fully saturated rings. The predicted octanol–water partition coefficient (Wildman–Crippen LogP) is 1.22. The van der Waals surface area contributed by atoms with Gasteiger partial charge >= 0.3 is 0 Å². The SMILES string of the molecule is CCCc1nc(N)cc(N2CCC(CCO)C2)n1. The highest BCUT2D eigenvalue weighted by molar-refractivity contribution is 5.47. The van der Waals surface area contributed by atoms with Crippen molar-refractivity contribution in [3.05, 3.63) is 11.9 Å². The van der Waals surface area contributed by atoms with Crippen molar-refractivity contribution in [2.45, 2.75) is 32.6 Å². The van der Waals surface area contributed by atoms with Crippen LogP contribution in [-0.4, -0.2) is 34.8 Å². The van der Waals surface area contributed by atoms with Crippen LogP contribution >= 0.6 is 0 Å². The molecule has 18 heavy (non-hydrogen) atoms. The summed E-state index contributed by atoms with van der Waals surface area (Å²) >= 11 is 0. The number of nitrogens with zero attached hydrogens (tertiary/aromatic N) is 3. The summed E-state index contributed by atoms with van der Waals surface area (Å²) in [6, 6.07) is 1.85. The highest BCUT2D eigenvalue weighted by atomic mass is 16.3. The van der Waals surface area contributed by atoms with Crippen molar-refractivity contribution in [3.8, 4) is 0 Å². The summed E-state index contributed by atoms with van der Waals surface area (Å²) in [4.78, 5) is 11.1. The summed E-state index contributed by atoms with van der Waals surface area (Å²) in [6.07, 6.45) is 3.88. The van der Waals surface area contributed by atoms with E-state index in [0.29, 0.717) is 11.7 Å². The first-order valence-corrected chi connectivity index (χ1v) is 6.72. The smallest absolute Gasteiger partial charge is 0.134 e. The van der Waals surface area contributed by atoms with E-state index in [4.69, 9.17) is 10.8 Å². The molecule has 0 aromatic carbocycles. The largest absolute Gasteiger partial charge is 0.396 e. The van der Waals surface area contributed by atoms with Crippen LogP contribution in [0.2, 0.25) is 0 Å². The molecular formula is C13H22N4O. The van der Waals surface area contributed by atoms with E-state index in [1.165, 1.54) is 0 Å². The minimum Gasteiger partial charge on any atom is -0.396 e. The fraction of sp³-hybridized carbons (Fsp3) is 0.692. The molecule has 2 rings (SSSR count). The second-order valence-electron chi connectivity index (χ2n) is 4.93. The molecule has 1 aromatic heterocycles. The van der Waals surface area contributed by atoms with Crippen LogP contribution in [0.15, 0.2) is 6.07 Å². The van der Waals surface area contributed by atoms with Gasteiger partial charge in [0.1, 0.15) is 17.5 Å². The topological polar surface area (TPSA) is 75.3 Å². The summed E-state index contributed by atoms with van der Waals surface area (Å²) in [5, 5.41) is 8.98. The molecular weight excluding hydrogens is 228 g/mol. The lowest BCUT2D eigenvalue weighted by Crippen LogP contribution is -2.22. The standard InChI is InChI=1S/C13H22N4O/c1-2-3-12-15-11(14)8-13(16-12)17-6-4-10(9-17)5-7-18/h8,10,18H,2-7,9H2,1H3,(H2,14,15,16). The van der Waals surface area contributed by atoms with Crippen molar-refractivity contribution < 1.29 is 5.11 Å². The van der Waals surface area contributed by atoms with E-state index in [1.54, 1.807) is 0 Å². The Bertz CT molecular complexity index is 397. The van der Waals surface area contributed by atoms with Gasteiger partial charge in [-0.3, -0.25) is 0 Å². The van der Waals surface area contributed by atoms with Gasteiger partial charge < -0.3 is 15.7 Å². The second-order valence-corrected chi connectivity index (χ2v) is 4.93. The maximum atomic E-state index is 8.98. The maximum absolute atomic E-state index is 8.98. The number of aromatic nitrogens is 2. The zero-order chi connectivity index (χ0) is 13.0. The maximum Gasteiger partial charge on any atom is 0.134 e. The van der Waals surface area contributed by atoms with Gasteiger partial charge in [0.15, 0.2) is 0 Å². The molecule has 0 bridgehead atoms. The predicted molar refractivity (Wildman–Crippen MR) is 72.5 cm³/mol. The lowest BCUT2D eigenvalue weighted by Gasteiger charge is -2.18. The van der Waals surface area contributed by atoms with Crippen LogP contribution in [0.3, 0.4) is 0 Å². The van der Waals surface area contributed by atoms with E-state index in [-0.39, 0.29) is 6.61 Å². The molecule has 0 saturated carbocycles. The van der Waals surface area contributed by atoms with Gasteiger partial charge in [-0.25, -0.2) is 9.97 Å². The molecule has 2 heterocycles. The minimum absolute atomic E-state index is 0.269. The molecule has 0 radical (unpaired) electrons. The van der Waals surface area contributed by atoms with E-state index in [1.807, 2.05) is 6.07 Å². The lowest BCUT2D eigenvalue weighted by atomic mass is 10.1. The van der Waals surface area contributed by atoms with Crippen LogP contribution in [0, 0.1) is 5.92 Å². The summed E-state index contributed by atoms with van der Waals surface area (Å²) in [6.45, 7) is 4.33. The summed E-state index contributed by atoms with van der Waals surface area (Å²) in [5.41, 5.74) is 5.83. The zero-order valence-corrected chi connectivity index (χ0v) is 11.0. The molecule has 1 aromatic rings. The number of anilines is 2. The number of hydrogen-bond acceptors (Lipinski definition) is 5. The van der Waals surface area contributed by atoms with Crippen molar-refractivity contribution >= 4 is 11.6 Å². The molecule has 0 amide bonds. The first kappa shape index (κ1) is 13.1. The van der Waals surface area contributed by atoms with Gasteiger partial charge in [-0.15, -0.1) is 0 Å². The van der Waals surface area contributed by atoms with Crippen LogP contribution in [0.5, 0.6) is 0 Å². The van der Waals surface area contributed by atoms with Crippen LogP contribution in [0.1, 0.15) is 32.0 Å². The summed E-state index contributed by atoms with van der Waals surface area (Å²) in [7, 11) is 0. The fourth-order valence-corrected chi connectivity index (χ4v) is 2.46. The van der Waals surface area contributed by atoms with Gasteiger partial charge in [-0.2, -0.15) is 0 Å². The number of nitrogens with two attached hydrogens (primary N) is 1. The lowest BCUT2D eigenvalue weighted by molar-refractivity contribution is 0.263. The van der Waals surface area contributed by atoms with Crippen molar-refractivity contribution in [3.63, 3.8) is 0 Å². The molecule has 1 aliphatic heterocycles. The van der Waals surface area contributed by atoms with Crippen LogP contribution in [0.25, 0.3) is 0 Å². The average Bonchev–Trinajstić information content (AvgIpc) is 2.78. The fourth-order valence-electron chi connectivity index (χ4n) is 2.46. The molecule has 1 aliphatic rings. The van der Waals surface area contributed by atoms with Crippen molar-refractivity contribution in [2.75, 3.05) is 30.3 Å². The van der Waals surface area contributed by atoms with E-state index in [2.05, 4.69) is 21.8 Å². The summed E-state index contributed by atoms with van der Waals surface area (Å²) < 4.78 is 0. The molecule has 5 heteroatoms. The van der Waals surface area contributed by atoms with Crippen LogP contribution < -0.4 is 10.6 Å². The highest BCUT2D eigenvalue weighted by Crippen LogP contribution is 2.25. The molecule has 3 N–H and O–H groups in total.